The molecule has 7 nitrogen and oxygen atoms in total. The first-order valence-corrected chi connectivity index (χ1v) is 10.2. The zero-order valence-corrected chi connectivity index (χ0v) is 18.2. The number of amides is 1. The van der Waals surface area contributed by atoms with Crippen molar-refractivity contribution in [3.63, 3.8) is 0 Å². The molecule has 0 bridgehead atoms. The van der Waals surface area contributed by atoms with Crippen LogP contribution in [0.2, 0.25) is 5.02 Å². The molecule has 0 aliphatic carbocycles. The average molecular weight is 442 g/mol. The van der Waals surface area contributed by atoms with Crippen molar-refractivity contribution in [2.24, 2.45) is 0 Å². The molecule has 8 heteroatoms. The van der Waals surface area contributed by atoms with Crippen LogP contribution in [-0.4, -0.2) is 35.2 Å². The molecule has 3 aromatic rings. The lowest BCUT2D eigenvalue weighted by atomic mass is 10.1. The van der Waals surface area contributed by atoms with Gasteiger partial charge in [0, 0.05) is 35.3 Å². The van der Waals surface area contributed by atoms with E-state index in [9.17, 15) is 9.59 Å². The number of carbonyl (C=O) groups is 2. The molecule has 1 amide bonds. The number of hydrogen-bond donors (Lipinski definition) is 1. The lowest BCUT2D eigenvalue weighted by Gasteiger charge is -2.11. The molecule has 1 aromatic heterocycles. The first-order valence-electron chi connectivity index (χ1n) is 9.84. The fourth-order valence-corrected chi connectivity index (χ4v) is 3.02. The maximum absolute atomic E-state index is 12.1. The monoisotopic (exact) mass is 441 g/mol. The maximum atomic E-state index is 12.1. The highest BCUT2D eigenvalue weighted by Crippen LogP contribution is 2.28. The molecule has 0 unspecified atom stereocenters. The van der Waals surface area contributed by atoms with E-state index in [1.807, 2.05) is 18.3 Å². The molecule has 0 spiro atoms. The number of ketones is 1. The SMILES string of the molecule is COc1cc(C(C)=O)ccc1OCCCC(=O)NCc1cnn(-c2ccc(Cl)cc2)c1. The van der Waals surface area contributed by atoms with E-state index in [1.165, 1.54) is 14.0 Å². The van der Waals surface area contributed by atoms with Gasteiger partial charge in [-0.15, -0.1) is 0 Å². The Morgan fingerprint density at radius 3 is 2.61 bits per heavy atom. The molecular weight excluding hydrogens is 418 g/mol. The summed E-state index contributed by atoms with van der Waals surface area (Å²) in [6.07, 6.45) is 4.46. The minimum atomic E-state index is -0.0678. The molecule has 0 aliphatic heterocycles. The summed E-state index contributed by atoms with van der Waals surface area (Å²) in [5.41, 5.74) is 2.35. The molecule has 0 aliphatic rings. The van der Waals surface area contributed by atoms with Crippen molar-refractivity contribution >= 4 is 23.3 Å². The summed E-state index contributed by atoms with van der Waals surface area (Å²) >= 11 is 5.90. The number of rotatable bonds is 10. The summed E-state index contributed by atoms with van der Waals surface area (Å²) in [4.78, 5) is 23.6. The highest BCUT2D eigenvalue weighted by molar-refractivity contribution is 6.30. The van der Waals surface area contributed by atoms with Gasteiger partial charge in [-0.3, -0.25) is 9.59 Å². The Labute approximate surface area is 185 Å². The van der Waals surface area contributed by atoms with Gasteiger partial charge < -0.3 is 14.8 Å². The van der Waals surface area contributed by atoms with Gasteiger partial charge in [0.05, 0.1) is 25.6 Å². The van der Waals surface area contributed by atoms with Crippen molar-refractivity contribution < 1.29 is 19.1 Å². The van der Waals surface area contributed by atoms with E-state index < -0.39 is 0 Å². The van der Waals surface area contributed by atoms with E-state index in [0.29, 0.717) is 48.1 Å². The average Bonchev–Trinajstić information content (AvgIpc) is 3.24. The first-order chi connectivity index (χ1) is 15.0. The molecule has 0 fully saturated rings. The van der Waals surface area contributed by atoms with Crippen LogP contribution >= 0.6 is 11.6 Å². The fraction of sp³-hybridized carbons (Fsp3) is 0.261. The van der Waals surface area contributed by atoms with Gasteiger partial charge in [-0.05, 0) is 55.8 Å². The number of Topliss-reactive ketones (excluding diaryl/α,β-unsaturated/α-hetero) is 1. The first kappa shape index (κ1) is 22.4. The van der Waals surface area contributed by atoms with Crippen molar-refractivity contribution in [1.29, 1.82) is 0 Å². The standard InChI is InChI=1S/C23H24ClN3O4/c1-16(28)18-5-10-21(22(12-18)30-2)31-11-3-4-23(29)25-13-17-14-26-27(15-17)20-8-6-19(24)7-9-20/h5-10,12,14-15H,3-4,11,13H2,1-2H3,(H,25,29). The Kier molecular flexibility index (Phi) is 7.67. The number of halogens is 1. The van der Waals surface area contributed by atoms with Crippen LogP contribution < -0.4 is 14.8 Å². The van der Waals surface area contributed by atoms with E-state index in [1.54, 1.807) is 41.2 Å². The third kappa shape index (κ3) is 6.33. The van der Waals surface area contributed by atoms with E-state index in [2.05, 4.69) is 10.4 Å². The lowest BCUT2D eigenvalue weighted by molar-refractivity contribution is -0.121. The van der Waals surface area contributed by atoms with Crippen LogP contribution in [0, 0.1) is 0 Å². The predicted octanol–water partition coefficient (Wildman–Crippen LogP) is 4.21. The summed E-state index contributed by atoms with van der Waals surface area (Å²) in [5, 5.41) is 7.85. The zero-order valence-electron chi connectivity index (χ0n) is 17.4. The molecule has 2 aromatic carbocycles. The Morgan fingerprint density at radius 1 is 1.13 bits per heavy atom. The topological polar surface area (TPSA) is 82.4 Å². The molecule has 162 valence electrons. The number of methoxy groups -OCH3 is 1. The molecule has 1 heterocycles. The molecule has 0 atom stereocenters. The fourth-order valence-electron chi connectivity index (χ4n) is 2.90. The van der Waals surface area contributed by atoms with Gasteiger partial charge in [-0.1, -0.05) is 11.6 Å². The van der Waals surface area contributed by atoms with Crippen molar-refractivity contribution in [3.05, 3.63) is 71.0 Å². The summed E-state index contributed by atoms with van der Waals surface area (Å²) < 4.78 is 12.7. The highest BCUT2D eigenvalue weighted by atomic mass is 35.5. The normalized spacial score (nSPS) is 10.5. The number of benzene rings is 2. The van der Waals surface area contributed by atoms with E-state index in [4.69, 9.17) is 21.1 Å². The van der Waals surface area contributed by atoms with Crippen LogP contribution in [0.25, 0.3) is 5.69 Å². The van der Waals surface area contributed by atoms with Gasteiger partial charge in [-0.2, -0.15) is 5.10 Å². The molecule has 0 saturated heterocycles. The Bertz CT molecular complexity index is 1050. The van der Waals surface area contributed by atoms with Crippen molar-refractivity contribution in [1.82, 2.24) is 15.1 Å². The maximum Gasteiger partial charge on any atom is 0.220 e. The van der Waals surface area contributed by atoms with Crippen molar-refractivity contribution in [3.8, 4) is 17.2 Å². The quantitative estimate of drug-likeness (QED) is 0.376. The zero-order chi connectivity index (χ0) is 22.2. The van der Waals surface area contributed by atoms with E-state index in [0.717, 1.165) is 11.3 Å². The van der Waals surface area contributed by atoms with Gasteiger partial charge >= 0.3 is 0 Å². The number of aromatic nitrogens is 2. The number of nitrogens with zero attached hydrogens (tertiary/aromatic N) is 2. The van der Waals surface area contributed by atoms with Gasteiger partial charge in [0.1, 0.15) is 0 Å². The molecule has 3 rings (SSSR count). The molecule has 1 N–H and O–H groups in total. The van der Waals surface area contributed by atoms with Crippen LogP contribution in [0.15, 0.2) is 54.9 Å². The number of hydrogen-bond acceptors (Lipinski definition) is 5. The van der Waals surface area contributed by atoms with Crippen LogP contribution in [0.4, 0.5) is 0 Å². The second-order valence-corrected chi connectivity index (χ2v) is 7.36. The number of ether oxygens (including phenoxy) is 2. The number of nitrogens with one attached hydrogen (secondary N) is 1. The van der Waals surface area contributed by atoms with Crippen LogP contribution in [-0.2, 0) is 11.3 Å². The van der Waals surface area contributed by atoms with Crippen LogP contribution in [0.1, 0.15) is 35.7 Å². The minimum Gasteiger partial charge on any atom is -0.493 e. The largest absolute Gasteiger partial charge is 0.493 e. The Balaban J connectivity index is 1.41. The summed E-state index contributed by atoms with van der Waals surface area (Å²) in [6.45, 7) is 2.25. The molecule has 0 saturated carbocycles. The highest BCUT2D eigenvalue weighted by Gasteiger charge is 2.09. The predicted molar refractivity (Wildman–Crippen MR) is 118 cm³/mol. The lowest BCUT2D eigenvalue weighted by Crippen LogP contribution is -2.22. The summed E-state index contributed by atoms with van der Waals surface area (Å²) in [7, 11) is 1.52. The van der Waals surface area contributed by atoms with Gasteiger partial charge in [0.2, 0.25) is 5.91 Å². The Morgan fingerprint density at radius 2 is 1.90 bits per heavy atom. The molecule has 31 heavy (non-hydrogen) atoms. The van der Waals surface area contributed by atoms with Crippen molar-refractivity contribution in [2.45, 2.75) is 26.3 Å². The second-order valence-electron chi connectivity index (χ2n) is 6.92. The van der Waals surface area contributed by atoms with Crippen LogP contribution in [0.5, 0.6) is 11.5 Å². The number of carbonyl (C=O) groups excluding carboxylic acids is 2. The third-order valence-electron chi connectivity index (χ3n) is 4.59. The van der Waals surface area contributed by atoms with Gasteiger partial charge in [-0.25, -0.2) is 4.68 Å². The molecule has 0 radical (unpaired) electrons. The summed E-state index contributed by atoms with van der Waals surface area (Å²) in [6, 6.07) is 12.4. The smallest absolute Gasteiger partial charge is 0.220 e. The summed E-state index contributed by atoms with van der Waals surface area (Å²) in [5.74, 6) is 0.930. The second kappa shape index (κ2) is 10.6. The van der Waals surface area contributed by atoms with E-state index >= 15 is 0 Å². The van der Waals surface area contributed by atoms with E-state index in [-0.39, 0.29) is 11.7 Å². The third-order valence-corrected chi connectivity index (χ3v) is 4.84. The Hall–Kier alpha value is -3.32. The van der Waals surface area contributed by atoms with Crippen molar-refractivity contribution in [2.75, 3.05) is 13.7 Å². The van der Waals surface area contributed by atoms with Crippen LogP contribution in [0.3, 0.4) is 0 Å². The minimum absolute atomic E-state index is 0.0415. The van der Waals surface area contributed by atoms with Gasteiger partial charge in [0.15, 0.2) is 17.3 Å². The van der Waals surface area contributed by atoms with Gasteiger partial charge in [0.25, 0.3) is 0 Å². The molecular formula is C23H24ClN3O4.